The molecular weight excluding hydrogens is 416 g/mol. The third-order valence-electron chi connectivity index (χ3n) is 6.54. The van der Waals surface area contributed by atoms with Crippen LogP contribution < -0.4 is 15.0 Å². The van der Waals surface area contributed by atoms with E-state index in [-0.39, 0.29) is 12.2 Å². The summed E-state index contributed by atoms with van der Waals surface area (Å²) in [7, 11) is 0. The lowest BCUT2D eigenvalue weighted by Gasteiger charge is -2.43. The number of piperidine rings is 1. The molecule has 1 saturated heterocycles. The van der Waals surface area contributed by atoms with Gasteiger partial charge in [-0.2, -0.15) is 0 Å². The summed E-state index contributed by atoms with van der Waals surface area (Å²) in [4.78, 5) is 14.5. The van der Waals surface area contributed by atoms with Gasteiger partial charge in [-0.3, -0.25) is 9.69 Å². The fraction of sp³-hybridized carbons (Fsp3) is 0.370. The van der Waals surface area contributed by atoms with Gasteiger partial charge in [0.15, 0.2) is 0 Å². The highest BCUT2D eigenvalue weighted by atomic mass is 16.5. The summed E-state index contributed by atoms with van der Waals surface area (Å²) >= 11 is 0. The topological polar surface area (TPSA) is 63.9 Å². The number of pyridine rings is 1. The first kappa shape index (κ1) is 21.7. The molecule has 0 radical (unpaired) electrons. The Morgan fingerprint density at radius 3 is 2.42 bits per heavy atom. The number of ether oxygens (including phenoxy) is 2. The van der Waals surface area contributed by atoms with Crippen LogP contribution in [-0.4, -0.2) is 46.9 Å². The van der Waals surface area contributed by atoms with E-state index in [2.05, 4.69) is 11.0 Å². The van der Waals surface area contributed by atoms with Crippen LogP contribution >= 0.6 is 0 Å². The molecule has 0 amide bonds. The van der Waals surface area contributed by atoms with Crippen LogP contribution in [0.2, 0.25) is 0 Å². The number of benzene rings is 2. The Hall–Kier alpha value is -3.09. The molecule has 3 aromatic rings. The van der Waals surface area contributed by atoms with Crippen LogP contribution in [0.15, 0.2) is 77.6 Å². The molecule has 2 aromatic carbocycles. The molecule has 33 heavy (non-hydrogen) atoms. The fourth-order valence-corrected chi connectivity index (χ4v) is 5.06. The maximum atomic E-state index is 12.2. The highest BCUT2D eigenvalue weighted by Crippen LogP contribution is 2.34. The summed E-state index contributed by atoms with van der Waals surface area (Å²) in [5, 5.41) is 10.6. The minimum Gasteiger partial charge on any atom is -0.491 e. The first-order valence-electron chi connectivity index (χ1n) is 11.6. The van der Waals surface area contributed by atoms with Crippen LogP contribution in [0.25, 0.3) is 0 Å². The largest absolute Gasteiger partial charge is 0.491 e. The molecule has 2 bridgehead atoms. The molecular formula is C27H30N2O4. The number of hydrogen-bond acceptors (Lipinski definition) is 5. The second-order valence-electron chi connectivity index (χ2n) is 9.13. The number of aliphatic hydroxyl groups is 1. The monoisotopic (exact) mass is 446 g/mol. The van der Waals surface area contributed by atoms with Gasteiger partial charge in [-0.05, 0) is 48.2 Å². The van der Waals surface area contributed by atoms with Crippen LogP contribution in [-0.2, 0) is 13.2 Å². The van der Waals surface area contributed by atoms with Crippen LogP contribution in [0.3, 0.4) is 0 Å². The van der Waals surface area contributed by atoms with Crippen molar-refractivity contribution >= 4 is 0 Å². The molecule has 0 unspecified atom stereocenters. The summed E-state index contributed by atoms with van der Waals surface area (Å²) in [6.45, 7) is 3.88. The molecule has 0 aliphatic carbocycles. The maximum Gasteiger partial charge on any atom is 0.250 e. The average Bonchev–Trinajstić information content (AvgIpc) is 2.83. The number of nitrogens with zero attached hydrogens (tertiary/aromatic N) is 2. The predicted molar refractivity (Wildman–Crippen MR) is 127 cm³/mol. The van der Waals surface area contributed by atoms with Crippen LogP contribution in [0.5, 0.6) is 11.5 Å². The van der Waals surface area contributed by atoms with E-state index < -0.39 is 6.10 Å². The first-order chi connectivity index (χ1) is 16.1. The van der Waals surface area contributed by atoms with E-state index in [4.69, 9.17) is 9.47 Å². The standard InChI is InChI=1S/C27H30N2O4/c30-23(17-28-14-21-13-22(16-28)26-7-4-8-27(31)29(26)15-21)19-33-25-11-9-24(10-12-25)32-18-20-5-2-1-3-6-20/h1-12,21-23,30H,13-19H2/t21-,22-,23+/m1/s1. The summed E-state index contributed by atoms with van der Waals surface area (Å²) in [6.07, 6.45) is 0.543. The molecule has 3 atom stereocenters. The number of aromatic nitrogens is 1. The summed E-state index contributed by atoms with van der Waals surface area (Å²) in [5.74, 6) is 2.30. The van der Waals surface area contributed by atoms with Crippen LogP contribution in [0, 0.1) is 5.92 Å². The van der Waals surface area contributed by atoms with Gasteiger partial charge in [0.1, 0.15) is 30.8 Å². The Kier molecular flexibility index (Phi) is 6.46. The van der Waals surface area contributed by atoms with E-state index in [0.717, 1.165) is 43.1 Å². The van der Waals surface area contributed by atoms with Crippen LogP contribution in [0.4, 0.5) is 0 Å². The second-order valence-corrected chi connectivity index (χ2v) is 9.13. The summed E-state index contributed by atoms with van der Waals surface area (Å²) in [5.41, 5.74) is 2.35. The average molecular weight is 447 g/mol. The van der Waals surface area contributed by atoms with E-state index in [1.165, 1.54) is 0 Å². The SMILES string of the molecule is O=c1cccc2n1C[C@@H]1C[C@@H]2CN(C[C@H](O)COc2ccc(OCc3ccccc3)cc2)C1. The van der Waals surface area contributed by atoms with Crippen molar-refractivity contribution in [1.29, 1.82) is 0 Å². The van der Waals surface area contributed by atoms with Crippen LogP contribution in [0.1, 0.15) is 23.6 Å². The quantitative estimate of drug-likeness (QED) is 0.575. The predicted octanol–water partition coefficient (Wildman–Crippen LogP) is 3.29. The van der Waals surface area contributed by atoms with E-state index in [9.17, 15) is 9.90 Å². The van der Waals surface area contributed by atoms with Gasteiger partial charge in [0.2, 0.25) is 0 Å². The lowest BCUT2D eigenvalue weighted by Crippen LogP contribution is -2.49. The van der Waals surface area contributed by atoms with E-state index in [1.807, 2.05) is 65.2 Å². The van der Waals surface area contributed by atoms with Crippen molar-refractivity contribution in [2.24, 2.45) is 5.92 Å². The van der Waals surface area contributed by atoms with Gasteiger partial charge >= 0.3 is 0 Å². The highest BCUT2D eigenvalue weighted by Gasteiger charge is 2.34. The van der Waals surface area contributed by atoms with E-state index in [0.29, 0.717) is 30.7 Å². The molecule has 1 fully saturated rings. The number of aliphatic hydroxyl groups excluding tert-OH is 1. The Balaban J connectivity index is 1.09. The zero-order valence-electron chi connectivity index (χ0n) is 18.7. The van der Waals surface area contributed by atoms with Gasteiger partial charge in [0, 0.05) is 43.9 Å². The Morgan fingerprint density at radius 2 is 1.64 bits per heavy atom. The number of hydrogen-bond donors (Lipinski definition) is 1. The number of likely N-dealkylation sites (tertiary alicyclic amines) is 1. The van der Waals surface area contributed by atoms with Crippen molar-refractivity contribution < 1.29 is 14.6 Å². The Morgan fingerprint density at radius 1 is 0.879 bits per heavy atom. The van der Waals surface area contributed by atoms with Crippen molar-refractivity contribution in [3.05, 3.63) is 94.4 Å². The minimum absolute atomic E-state index is 0.0977. The molecule has 3 heterocycles. The van der Waals surface area contributed by atoms with Crippen molar-refractivity contribution in [2.75, 3.05) is 26.2 Å². The number of β-amino-alcohol motifs (C(OH)–C–C–N with tert-alkyl or cyclic N) is 1. The molecule has 5 rings (SSSR count). The molecule has 6 nitrogen and oxygen atoms in total. The smallest absolute Gasteiger partial charge is 0.250 e. The van der Waals surface area contributed by atoms with Crippen molar-refractivity contribution in [3.63, 3.8) is 0 Å². The van der Waals surface area contributed by atoms with Gasteiger partial charge in [-0.15, -0.1) is 0 Å². The van der Waals surface area contributed by atoms with Crippen molar-refractivity contribution in [1.82, 2.24) is 9.47 Å². The molecule has 6 heteroatoms. The van der Waals surface area contributed by atoms with Gasteiger partial charge in [-0.1, -0.05) is 36.4 Å². The van der Waals surface area contributed by atoms with Gasteiger partial charge in [0.25, 0.3) is 5.56 Å². The van der Waals surface area contributed by atoms with Gasteiger partial charge < -0.3 is 19.1 Å². The summed E-state index contributed by atoms with van der Waals surface area (Å²) < 4.78 is 13.6. The normalized spacial score (nSPS) is 20.6. The van der Waals surface area contributed by atoms with E-state index >= 15 is 0 Å². The highest BCUT2D eigenvalue weighted by molar-refractivity contribution is 5.31. The molecule has 2 aliphatic rings. The summed E-state index contributed by atoms with van der Waals surface area (Å²) in [6, 6.07) is 23.1. The fourth-order valence-electron chi connectivity index (χ4n) is 5.06. The minimum atomic E-state index is -0.573. The number of fused-ring (bicyclic) bond motifs is 4. The molecule has 1 N–H and O–H groups in total. The third kappa shape index (κ3) is 5.29. The first-order valence-corrected chi connectivity index (χ1v) is 11.6. The Labute approximate surface area is 194 Å². The maximum absolute atomic E-state index is 12.2. The van der Waals surface area contributed by atoms with Gasteiger partial charge in [-0.25, -0.2) is 0 Å². The molecule has 0 saturated carbocycles. The third-order valence-corrected chi connectivity index (χ3v) is 6.54. The second kappa shape index (κ2) is 9.81. The Bertz CT molecular complexity index is 1110. The molecule has 1 aromatic heterocycles. The molecule has 172 valence electrons. The van der Waals surface area contributed by atoms with E-state index in [1.54, 1.807) is 6.07 Å². The lowest BCUT2D eigenvalue weighted by molar-refractivity contribution is 0.0384. The number of rotatable bonds is 8. The molecule has 2 aliphatic heterocycles. The van der Waals surface area contributed by atoms with Gasteiger partial charge in [0.05, 0.1) is 0 Å². The van der Waals surface area contributed by atoms with Crippen molar-refractivity contribution in [2.45, 2.75) is 31.6 Å². The molecule has 0 spiro atoms. The zero-order chi connectivity index (χ0) is 22.6. The zero-order valence-corrected chi connectivity index (χ0v) is 18.7. The lowest BCUT2D eigenvalue weighted by atomic mass is 9.83. The van der Waals surface area contributed by atoms with Crippen molar-refractivity contribution in [3.8, 4) is 11.5 Å².